The Kier molecular flexibility index (Phi) is 54.8. The second-order valence-corrected chi connectivity index (χ2v) is 18.8. The first kappa shape index (κ1) is 60.9. The molecule has 0 rings (SSSR count). The fourth-order valence-corrected chi connectivity index (χ4v) is 8.65. The van der Waals surface area contributed by atoms with E-state index in [1.54, 1.807) is 0 Å². The number of aliphatic hydroxyl groups excluding tert-OH is 2. The van der Waals surface area contributed by atoms with Crippen molar-refractivity contribution in [1.82, 2.24) is 0 Å². The van der Waals surface area contributed by atoms with Crippen LogP contribution in [0.5, 0.6) is 0 Å². The zero-order chi connectivity index (χ0) is 44.3. The van der Waals surface area contributed by atoms with E-state index in [0.29, 0.717) is 25.9 Å². The average Bonchev–Trinajstić information content (AvgIpc) is 3.23. The lowest BCUT2D eigenvalue weighted by Crippen LogP contribution is -2.28. The third-order valence-electron chi connectivity index (χ3n) is 12.8. The van der Waals surface area contributed by atoms with Crippen molar-refractivity contribution in [3.63, 3.8) is 0 Å². The van der Waals surface area contributed by atoms with Crippen LogP contribution in [-0.4, -0.2) is 45.1 Å². The van der Waals surface area contributed by atoms with Crippen LogP contribution in [-0.2, 0) is 9.59 Å². The highest BCUT2D eigenvalue weighted by molar-refractivity contribution is 5.70. The maximum atomic E-state index is 11.7. The van der Waals surface area contributed by atoms with Gasteiger partial charge in [-0.2, -0.15) is 0 Å². The zero-order valence-electron chi connectivity index (χ0n) is 40.7. The molecule has 0 aliphatic carbocycles. The van der Waals surface area contributed by atoms with Gasteiger partial charge < -0.3 is 20.4 Å². The van der Waals surface area contributed by atoms with Crippen LogP contribution in [0.1, 0.15) is 316 Å². The molecular formula is C54H108O6. The number of rotatable bonds is 50. The van der Waals surface area contributed by atoms with E-state index >= 15 is 0 Å². The number of hydrogen-bond acceptors (Lipinski definition) is 4. The first-order valence-electron chi connectivity index (χ1n) is 27.1. The minimum atomic E-state index is -0.816. The van der Waals surface area contributed by atoms with Gasteiger partial charge in [-0.05, 0) is 25.7 Å². The molecule has 0 saturated heterocycles. The smallest absolute Gasteiger partial charge is 0.309 e. The van der Waals surface area contributed by atoms with E-state index in [-0.39, 0.29) is 0 Å². The highest BCUT2D eigenvalue weighted by atomic mass is 16.4. The number of aliphatic carboxylic acids is 2. The van der Waals surface area contributed by atoms with Crippen LogP contribution in [0.3, 0.4) is 0 Å². The van der Waals surface area contributed by atoms with E-state index in [0.717, 1.165) is 44.9 Å². The molecule has 0 aliphatic heterocycles. The van der Waals surface area contributed by atoms with Crippen molar-refractivity contribution < 1.29 is 30.0 Å². The Balaban J connectivity index is 0. The summed E-state index contributed by atoms with van der Waals surface area (Å²) in [6, 6.07) is 0. The fraction of sp³-hybridized carbons (Fsp3) is 0.963. The Bertz CT molecular complexity index is 818. The van der Waals surface area contributed by atoms with Crippen LogP contribution < -0.4 is 0 Å². The summed E-state index contributed by atoms with van der Waals surface area (Å²) in [7, 11) is 0. The van der Waals surface area contributed by atoms with Crippen LogP contribution in [0.2, 0.25) is 0 Å². The van der Waals surface area contributed by atoms with Crippen LogP contribution >= 0.6 is 0 Å². The number of carboxylic acids is 2. The molecule has 0 fully saturated rings. The van der Waals surface area contributed by atoms with Gasteiger partial charge >= 0.3 is 11.9 Å². The normalized spacial score (nSPS) is 12.3. The highest BCUT2D eigenvalue weighted by Gasteiger charge is 2.25. The Morgan fingerprint density at radius 1 is 0.333 bits per heavy atom. The number of carboxylic acid groups (broad SMARTS) is 2. The maximum absolute atomic E-state index is 11.7. The molecule has 0 spiro atoms. The van der Waals surface area contributed by atoms with Crippen molar-refractivity contribution in [2.24, 2.45) is 5.92 Å². The maximum Gasteiger partial charge on any atom is 0.309 e. The van der Waals surface area contributed by atoms with Crippen molar-refractivity contribution >= 4 is 11.9 Å². The van der Waals surface area contributed by atoms with Gasteiger partial charge in [-0.3, -0.25) is 9.59 Å². The van der Waals surface area contributed by atoms with Crippen molar-refractivity contribution in [3.8, 4) is 0 Å². The molecule has 0 aromatic rings. The molecule has 2 atom stereocenters. The molecule has 0 aromatic carbocycles. The fourth-order valence-electron chi connectivity index (χ4n) is 8.65. The topological polar surface area (TPSA) is 115 Å². The van der Waals surface area contributed by atoms with Gasteiger partial charge in [0.25, 0.3) is 0 Å². The van der Waals surface area contributed by atoms with Crippen molar-refractivity contribution in [1.29, 1.82) is 0 Å². The average molecular weight is 853 g/mol. The second kappa shape index (κ2) is 54.0. The minimum absolute atomic E-state index is 0.340. The molecule has 0 amide bonds. The second-order valence-electron chi connectivity index (χ2n) is 18.8. The van der Waals surface area contributed by atoms with Crippen molar-refractivity contribution in [2.45, 2.75) is 322 Å². The van der Waals surface area contributed by atoms with Crippen LogP contribution in [0.25, 0.3) is 0 Å². The third kappa shape index (κ3) is 53.0. The summed E-state index contributed by atoms with van der Waals surface area (Å²) >= 11 is 0. The van der Waals surface area contributed by atoms with E-state index in [9.17, 15) is 19.8 Å². The molecule has 6 nitrogen and oxygen atoms in total. The Morgan fingerprint density at radius 2 is 0.567 bits per heavy atom. The van der Waals surface area contributed by atoms with Gasteiger partial charge in [0.15, 0.2) is 0 Å². The molecule has 2 unspecified atom stereocenters. The summed E-state index contributed by atoms with van der Waals surface area (Å²) in [5, 5.41) is 37.4. The molecule has 0 saturated carbocycles. The Labute approximate surface area is 375 Å². The standard InChI is InChI=1S/C36H72O4.C18H36O2/c1-2-3-4-5-6-7-8-9-13-16-19-22-25-28-31-34(36(39)40)35(38)32-29-26-23-20-17-14-11-10-12-15-18-21-24-27-30-33-37;1-2-3-4-5-6-7-8-9-10-11-12-13-14-15-16-17-18(19)20/h34-35,37-38H,2-33H2,1H3,(H,39,40);2-17H2,1H3,(H,19,20). The monoisotopic (exact) mass is 853 g/mol. The summed E-state index contributed by atoms with van der Waals surface area (Å²) in [6.45, 7) is 4.88. The summed E-state index contributed by atoms with van der Waals surface area (Å²) < 4.78 is 0. The van der Waals surface area contributed by atoms with E-state index in [1.807, 2.05) is 0 Å². The van der Waals surface area contributed by atoms with E-state index in [1.165, 1.54) is 238 Å². The zero-order valence-corrected chi connectivity index (χ0v) is 40.7. The van der Waals surface area contributed by atoms with E-state index in [4.69, 9.17) is 10.2 Å². The lowest BCUT2D eigenvalue weighted by molar-refractivity contribution is -0.146. The Hall–Kier alpha value is -1.14. The Morgan fingerprint density at radius 3 is 0.817 bits per heavy atom. The van der Waals surface area contributed by atoms with Gasteiger partial charge in [0.05, 0.1) is 12.0 Å². The van der Waals surface area contributed by atoms with Gasteiger partial charge in [-0.1, -0.05) is 284 Å². The minimum Gasteiger partial charge on any atom is -0.481 e. The molecule has 4 N–H and O–H groups in total. The lowest BCUT2D eigenvalue weighted by Gasteiger charge is -2.19. The predicted octanol–water partition coefficient (Wildman–Crippen LogP) is 17.5. The highest BCUT2D eigenvalue weighted by Crippen LogP contribution is 2.22. The summed E-state index contributed by atoms with van der Waals surface area (Å²) in [5.74, 6) is -2.05. The predicted molar refractivity (Wildman–Crippen MR) is 260 cm³/mol. The number of aliphatic hydroxyl groups is 2. The molecule has 0 bridgehead atoms. The number of carbonyl (C=O) groups is 2. The van der Waals surface area contributed by atoms with Crippen molar-refractivity contribution in [3.05, 3.63) is 0 Å². The number of hydrogen-bond donors (Lipinski definition) is 4. The van der Waals surface area contributed by atoms with Gasteiger partial charge in [-0.15, -0.1) is 0 Å². The van der Waals surface area contributed by atoms with E-state index < -0.39 is 24.0 Å². The molecule has 0 aliphatic rings. The van der Waals surface area contributed by atoms with Crippen molar-refractivity contribution in [2.75, 3.05) is 6.61 Å². The first-order valence-corrected chi connectivity index (χ1v) is 27.1. The lowest BCUT2D eigenvalue weighted by atomic mass is 9.91. The molecule has 0 aromatic heterocycles. The quantitative estimate of drug-likeness (QED) is 0.0453. The molecule has 0 heterocycles. The van der Waals surface area contributed by atoms with Crippen LogP contribution in [0.15, 0.2) is 0 Å². The van der Waals surface area contributed by atoms with Gasteiger partial charge in [0.1, 0.15) is 0 Å². The molecule has 360 valence electrons. The summed E-state index contributed by atoms with van der Waals surface area (Å²) in [5.41, 5.74) is 0. The largest absolute Gasteiger partial charge is 0.481 e. The summed E-state index contributed by atoms with van der Waals surface area (Å²) in [4.78, 5) is 22.0. The first-order chi connectivity index (χ1) is 29.4. The molecule has 0 radical (unpaired) electrons. The molecular weight excluding hydrogens is 745 g/mol. The molecule has 6 heteroatoms. The van der Waals surface area contributed by atoms with Gasteiger partial charge in [-0.25, -0.2) is 0 Å². The van der Waals surface area contributed by atoms with E-state index in [2.05, 4.69) is 13.8 Å². The SMILES string of the molecule is CCCCCCCCCCCCCCCCC(C(=O)O)C(O)CCCCCCCCCCCCCCCCCO.CCCCCCCCCCCCCCCCCC(=O)O. The summed E-state index contributed by atoms with van der Waals surface area (Å²) in [6.07, 6.45) is 57.7. The van der Waals surface area contributed by atoms with Crippen LogP contribution in [0, 0.1) is 5.92 Å². The third-order valence-corrected chi connectivity index (χ3v) is 12.8. The van der Waals surface area contributed by atoms with Gasteiger partial charge in [0.2, 0.25) is 0 Å². The van der Waals surface area contributed by atoms with Crippen LogP contribution in [0.4, 0.5) is 0 Å². The van der Waals surface area contributed by atoms with Gasteiger partial charge in [0, 0.05) is 13.0 Å². The number of unbranched alkanes of at least 4 members (excludes halogenated alkanes) is 41. The molecule has 60 heavy (non-hydrogen) atoms.